The molecule has 0 saturated heterocycles. The second-order valence-corrected chi connectivity index (χ2v) is 6.50. The van der Waals surface area contributed by atoms with E-state index in [1.807, 2.05) is 61.6 Å². The van der Waals surface area contributed by atoms with E-state index in [1.54, 1.807) is 4.90 Å². The van der Waals surface area contributed by atoms with Gasteiger partial charge in [-0.15, -0.1) is 0 Å². The van der Waals surface area contributed by atoms with Gasteiger partial charge in [-0.1, -0.05) is 72.5 Å². The SMILES string of the molecule is CN1C(=O)Cc2cc(C(C#Cc3ccccc3)c3ccccc3)ccc21. The van der Waals surface area contributed by atoms with Crippen LogP contribution in [0.5, 0.6) is 0 Å². The Balaban J connectivity index is 1.76. The molecule has 4 rings (SSSR count). The first-order valence-corrected chi connectivity index (χ1v) is 8.73. The van der Waals surface area contributed by atoms with Gasteiger partial charge < -0.3 is 4.90 Å². The largest absolute Gasteiger partial charge is 0.315 e. The van der Waals surface area contributed by atoms with Crippen molar-refractivity contribution in [1.29, 1.82) is 0 Å². The lowest BCUT2D eigenvalue weighted by molar-refractivity contribution is -0.117. The molecule has 1 heterocycles. The Kier molecular flexibility index (Phi) is 4.29. The van der Waals surface area contributed by atoms with Crippen molar-refractivity contribution in [1.82, 2.24) is 0 Å². The van der Waals surface area contributed by atoms with E-state index in [-0.39, 0.29) is 11.8 Å². The van der Waals surface area contributed by atoms with Crippen LogP contribution in [-0.4, -0.2) is 13.0 Å². The highest BCUT2D eigenvalue weighted by Crippen LogP contribution is 2.32. The molecule has 3 aromatic rings. The summed E-state index contributed by atoms with van der Waals surface area (Å²) in [7, 11) is 1.83. The lowest BCUT2D eigenvalue weighted by atomic mass is 9.90. The van der Waals surface area contributed by atoms with E-state index >= 15 is 0 Å². The van der Waals surface area contributed by atoms with E-state index in [9.17, 15) is 4.79 Å². The number of amides is 1. The number of benzene rings is 3. The Morgan fingerprint density at radius 3 is 2.31 bits per heavy atom. The van der Waals surface area contributed by atoms with Crippen LogP contribution < -0.4 is 4.90 Å². The number of hydrogen-bond donors (Lipinski definition) is 0. The highest BCUT2D eigenvalue weighted by atomic mass is 16.2. The van der Waals surface area contributed by atoms with Crippen LogP contribution in [0, 0.1) is 11.8 Å². The molecule has 0 aromatic heterocycles. The Labute approximate surface area is 154 Å². The summed E-state index contributed by atoms with van der Waals surface area (Å²) in [6.07, 6.45) is 0.466. The van der Waals surface area contributed by atoms with E-state index in [4.69, 9.17) is 0 Å². The van der Waals surface area contributed by atoms with Crippen LogP contribution >= 0.6 is 0 Å². The van der Waals surface area contributed by atoms with Gasteiger partial charge in [0.05, 0.1) is 12.3 Å². The maximum absolute atomic E-state index is 12.0. The van der Waals surface area contributed by atoms with Gasteiger partial charge in [-0.25, -0.2) is 0 Å². The van der Waals surface area contributed by atoms with Gasteiger partial charge in [0, 0.05) is 18.3 Å². The minimum absolute atomic E-state index is 0.0253. The molecule has 0 N–H and O–H groups in total. The zero-order valence-electron chi connectivity index (χ0n) is 14.6. The highest BCUT2D eigenvalue weighted by molar-refractivity contribution is 6.01. The maximum atomic E-state index is 12.0. The van der Waals surface area contributed by atoms with Crippen molar-refractivity contribution in [2.45, 2.75) is 12.3 Å². The molecule has 1 aliphatic rings. The molecule has 2 heteroatoms. The van der Waals surface area contributed by atoms with Crippen molar-refractivity contribution in [3.8, 4) is 11.8 Å². The quantitative estimate of drug-likeness (QED) is 0.635. The average molecular weight is 337 g/mol. The normalized spacial score (nSPS) is 13.7. The summed E-state index contributed by atoms with van der Waals surface area (Å²) in [5.74, 6) is 6.85. The molecule has 1 atom stereocenters. The van der Waals surface area contributed by atoms with Crippen LogP contribution in [0.25, 0.3) is 0 Å². The zero-order chi connectivity index (χ0) is 17.9. The van der Waals surface area contributed by atoms with Crippen molar-refractivity contribution in [2.75, 3.05) is 11.9 Å². The third-order valence-corrected chi connectivity index (χ3v) is 4.78. The van der Waals surface area contributed by atoms with Crippen molar-refractivity contribution in [3.63, 3.8) is 0 Å². The Hall–Kier alpha value is -3.31. The van der Waals surface area contributed by atoms with Crippen LogP contribution in [0.2, 0.25) is 0 Å². The number of anilines is 1. The first-order chi connectivity index (χ1) is 12.7. The number of carbonyl (C=O) groups excluding carboxylic acids is 1. The van der Waals surface area contributed by atoms with E-state index in [0.29, 0.717) is 6.42 Å². The maximum Gasteiger partial charge on any atom is 0.231 e. The van der Waals surface area contributed by atoms with Crippen LogP contribution in [0.15, 0.2) is 78.9 Å². The molecule has 0 radical (unpaired) electrons. The van der Waals surface area contributed by atoms with Gasteiger partial charge in [-0.3, -0.25) is 4.79 Å². The number of carbonyl (C=O) groups is 1. The molecule has 126 valence electrons. The molecule has 0 fully saturated rings. The Morgan fingerprint density at radius 2 is 1.58 bits per heavy atom. The number of rotatable bonds is 2. The predicted molar refractivity (Wildman–Crippen MR) is 105 cm³/mol. The van der Waals surface area contributed by atoms with Crippen molar-refractivity contribution < 1.29 is 4.79 Å². The van der Waals surface area contributed by atoms with Gasteiger partial charge in [-0.2, -0.15) is 0 Å². The van der Waals surface area contributed by atoms with Crippen LogP contribution in [-0.2, 0) is 11.2 Å². The highest BCUT2D eigenvalue weighted by Gasteiger charge is 2.25. The second-order valence-electron chi connectivity index (χ2n) is 6.50. The molecule has 1 unspecified atom stereocenters. The van der Waals surface area contributed by atoms with Crippen LogP contribution in [0.1, 0.15) is 28.2 Å². The predicted octanol–water partition coefficient (Wildman–Crippen LogP) is 4.39. The third-order valence-electron chi connectivity index (χ3n) is 4.78. The lowest BCUT2D eigenvalue weighted by Crippen LogP contribution is -2.20. The fourth-order valence-electron chi connectivity index (χ4n) is 3.35. The molecule has 1 amide bonds. The van der Waals surface area contributed by atoms with Gasteiger partial charge in [0.15, 0.2) is 0 Å². The Morgan fingerprint density at radius 1 is 0.885 bits per heavy atom. The van der Waals surface area contributed by atoms with Gasteiger partial charge >= 0.3 is 0 Å². The number of fused-ring (bicyclic) bond motifs is 1. The molecule has 3 aromatic carbocycles. The first kappa shape index (κ1) is 16.2. The van der Waals surface area contributed by atoms with Crippen LogP contribution in [0.4, 0.5) is 5.69 Å². The molecule has 2 nitrogen and oxygen atoms in total. The molecule has 1 aliphatic heterocycles. The number of likely N-dealkylation sites (N-methyl/N-ethyl adjacent to an activating group) is 1. The molecule has 0 saturated carbocycles. The summed E-state index contributed by atoms with van der Waals surface area (Å²) in [5, 5.41) is 0. The van der Waals surface area contributed by atoms with Crippen molar-refractivity contribution >= 4 is 11.6 Å². The fourth-order valence-corrected chi connectivity index (χ4v) is 3.35. The summed E-state index contributed by atoms with van der Waals surface area (Å²) < 4.78 is 0. The standard InChI is InChI=1S/C24H19NO/c1-25-23-15-13-20(16-21(23)17-24(25)26)22(19-10-6-3-7-11-19)14-12-18-8-4-2-5-9-18/h2-11,13,15-16,22H,17H2,1H3. The number of hydrogen-bond acceptors (Lipinski definition) is 1. The number of nitrogens with zero attached hydrogens (tertiary/aromatic N) is 1. The van der Waals surface area contributed by atoms with Gasteiger partial charge in [-0.05, 0) is 34.9 Å². The molecule has 26 heavy (non-hydrogen) atoms. The smallest absolute Gasteiger partial charge is 0.231 e. The van der Waals surface area contributed by atoms with E-state index < -0.39 is 0 Å². The van der Waals surface area contributed by atoms with E-state index in [0.717, 1.165) is 27.9 Å². The van der Waals surface area contributed by atoms with Crippen molar-refractivity contribution in [2.24, 2.45) is 0 Å². The first-order valence-electron chi connectivity index (χ1n) is 8.73. The summed E-state index contributed by atoms with van der Waals surface area (Å²) in [5.41, 5.74) is 5.37. The third kappa shape index (κ3) is 3.12. The summed E-state index contributed by atoms with van der Waals surface area (Å²) in [6.45, 7) is 0. The van der Waals surface area contributed by atoms with Gasteiger partial charge in [0.2, 0.25) is 5.91 Å². The minimum Gasteiger partial charge on any atom is -0.315 e. The fraction of sp³-hybridized carbons (Fsp3) is 0.125. The monoisotopic (exact) mass is 337 g/mol. The van der Waals surface area contributed by atoms with Gasteiger partial charge in [0.1, 0.15) is 0 Å². The molecule has 0 spiro atoms. The molecular weight excluding hydrogens is 318 g/mol. The zero-order valence-corrected chi connectivity index (χ0v) is 14.6. The minimum atomic E-state index is -0.0253. The summed E-state index contributed by atoms with van der Waals surface area (Å²) in [4.78, 5) is 13.7. The van der Waals surface area contributed by atoms with Crippen molar-refractivity contribution in [3.05, 3.63) is 101 Å². The molecular formula is C24H19NO. The molecule has 0 bridgehead atoms. The van der Waals surface area contributed by atoms with Crippen LogP contribution in [0.3, 0.4) is 0 Å². The summed E-state index contributed by atoms with van der Waals surface area (Å²) >= 11 is 0. The molecule has 0 aliphatic carbocycles. The second kappa shape index (κ2) is 6.90. The topological polar surface area (TPSA) is 20.3 Å². The summed E-state index contributed by atoms with van der Waals surface area (Å²) in [6, 6.07) is 26.6. The Bertz CT molecular complexity index is 997. The van der Waals surface area contributed by atoms with E-state index in [1.165, 1.54) is 0 Å². The van der Waals surface area contributed by atoms with E-state index in [2.05, 4.69) is 36.1 Å². The average Bonchev–Trinajstić information content (AvgIpc) is 2.97. The van der Waals surface area contributed by atoms with Gasteiger partial charge in [0.25, 0.3) is 0 Å². The lowest BCUT2D eigenvalue weighted by Gasteiger charge is -2.15.